The van der Waals surface area contributed by atoms with Crippen molar-refractivity contribution in [1.29, 1.82) is 0 Å². The SMILES string of the molecule is CCNC(CC(C)C)CC1CCOc2ccccc21. The minimum atomic E-state index is 0.626. The molecule has 0 aliphatic carbocycles. The van der Waals surface area contributed by atoms with Crippen LogP contribution in [0.15, 0.2) is 24.3 Å². The van der Waals surface area contributed by atoms with Gasteiger partial charge >= 0.3 is 0 Å². The van der Waals surface area contributed by atoms with Crippen molar-refractivity contribution in [3.63, 3.8) is 0 Å². The van der Waals surface area contributed by atoms with Crippen LogP contribution < -0.4 is 10.1 Å². The number of hydrogen-bond donors (Lipinski definition) is 1. The Labute approximate surface area is 117 Å². The topological polar surface area (TPSA) is 21.3 Å². The first-order chi connectivity index (χ1) is 9.20. The van der Waals surface area contributed by atoms with Gasteiger partial charge in [-0.15, -0.1) is 0 Å². The molecule has 1 aliphatic rings. The Hall–Kier alpha value is -1.02. The average molecular weight is 261 g/mol. The summed E-state index contributed by atoms with van der Waals surface area (Å²) in [6.45, 7) is 8.74. The summed E-state index contributed by atoms with van der Waals surface area (Å²) in [5.41, 5.74) is 1.40. The lowest BCUT2D eigenvalue weighted by atomic mass is 9.85. The van der Waals surface area contributed by atoms with E-state index in [0.29, 0.717) is 12.0 Å². The van der Waals surface area contributed by atoms with Gasteiger partial charge in [0.05, 0.1) is 6.61 Å². The van der Waals surface area contributed by atoms with Gasteiger partial charge in [0.1, 0.15) is 5.75 Å². The van der Waals surface area contributed by atoms with Gasteiger partial charge in [-0.2, -0.15) is 0 Å². The third-order valence-corrected chi connectivity index (χ3v) is 3.90. The summed E-state index contributed by atoms with van der Waals surface area (Å²) in [7, 11) is 0. The lowest BCUT2D eigenvalue weighted by Gasteiger charge is -2.30. The molecule has 106 valence electrons. The van der Waals surface area contributed by atoms with Crippen molar-refractivity contribution in [2.24, 2.45) is 5.92 Å². The molecule has 0 fully saturated rings. The molecule has 0 radical (unpaired) electrons. The van der Waals surface area contributed by atoms with Gasteiger partial charge in [-0.3, -0.25) is 0 Å². The van der Waals surface area contributed by atoms with Crippen molar-refractivity contribution in [2.75, 3.05) is 13.2 Å². The van der Waals surface area contributed by atoms with Crippen LogP contribution in [-0.2, 0) is 0 Å². The average Bonchev–Trinajstić information content (AvgIpc) is 2.39. The van der Waals surface area contributed by atoms with E-state index in [4.69, 9.17) is 4.74 Å². The molecule has 1 aromatic carbocycles. The smallest absolute Gasteiger partial charge is 0.122 e. The van der Waals surface area contributed by atoms with Gasteiger partial charge < -0.3 is 10.1 Å². The van der Waals surface area contributed by atoms with Crippen LogP contribution >= 0.6 is 0 Å². The number of rotatable bonds is 6. The number of hydrogen-bond acceptors (Lipinski definition) is 2. The van der Waals surface area contributed by atoms with Crippen LogP contribution in [0.5, 0.6) is 5.75 Å². The predicted octanol–water partition coefficient (Wildman–Crippen LogP) is 3.97. The number of fused-ring (bicyclic) bond motifs is 1. The molecule has 2 rings (SSSR count). The maximum atomic E-state index is 5.76. The van der Waals surface area contributed by atoms with Gasteiger partial charge in [-0.25, -0.2) is 0 Å². The summed E-state index contributed by atoms with van der Waals surface area (Å²) in [5.74, 6) is 2.49. The quantitative estimate of drug-likeness (QED) is 0.836. The number of ether oxygens (including phenoxy) is 1. The zero-order valence-corrected chi connectivity index (χ0v) is 12.5. The molecule has 0 amide bonds. The second-order valence-electron chi connectivity index (χ2n) is 5.99. The molecule has 2 atom stereocenters. The molecule has 2 heteroatoms. The standard InChI is InChI=1S/C17H27NO/c1-4-18-15(11-13(2)3)12-14-9-10-19-17-8-6-5-7-16(14)17/h5-8,13-15,18H,4,9-12H2,1-3H3. The van der Waals surface area contributed by atoms with Gasteiger partial charge in [-0.05, 0) is 49.3 Å². The second kappa shape index (κ2) is 6.95. The molecular formula is C17H27NO. The highest BCUT2D eigenvalue weighted by Crippen LogP contribution is 2.36. The zero-order valence-electron chi connectivity index (χ0n) is 12.5. The molecule has 0 bridgehead atoms. The number of nitrogens with one attached hydrogen (secondary N) is 1. The normalized spacial score (nSPS) is 19.9. The first-order valence-corrected chi connectivity index (χ1v) is 7.65. The van der Waals surface area contributed by atoms with Crippen molar-refractivity contribution >= 4 is 0 Å². The van der Waals surface area contributed by atoms with Crippen LogP contribution in [0, 0.1) is 5.92 Å². The number of benzene rings is 1. The van der Waals surface area contributed by atoms with Crippen LogP contribution in [0.1, 0.15) is 51.5 Å². The highest BCUT2D eigenvalue weighted by atomic mass is 16.5. The Bertz CT molecular complexity index is 389. The van der Waals surface area contributed by atoms with Crippen LogP contribution in [0.4, 0.5) is 0 Å². The minimum Gasteiger partial charge on any atom is -0.493 e. The number of para-hydroxylation sites is 1. The zero-order chi connectivity index (χ0) is 13.7. The van der Waals surface area contributed by atoms with Crippen LogP contribution in [-0.4, -0.2) is 19.2 Å². The van der Waals surface area contributed by atoms with Crippen molar-refractivity contribution in [1.82, 2.24) is 5.32 Å². The Morgan fingerprint density at radius 3 is 2.84 bits per heavy atom. The fourth-order valence-corrected chi connectivity index (χ4v) is 3.12. The molecule has 0 saturated heterocycles. The van der Waals surface area contributed by atoms with Gasteiger partial charge in [0.15, 0.2) is 0 Å². The highest BCUT2D eigenvalue weighted by Gasteiger charge is 2.24. The highest BCUT2D eigenvalue weighted by molar-refractivity contribution is 5.37. The van der Waals surface area contributed by atoms with Gasteiger partial charge in [0.25, 0.3) is 0 Å². The molecule has 2 unspecified atom stereocenters. The second-order valence-corrected chi connectivity index (χ2v) is 5.99. The molecule has 0 aromatic heterocycles. The summed E-state index contributed by atoms with van der Waals surface area (Å²) in [6, 6.07) is 9.16. The van der Waals surface area contributed by atoms with Crippen molar-refractivity contribution in [2.45, 2.75) is 52.0 Å². The molecule has 0 saturated carbocycles. The van der Waals surface area contributed by atoms with Crippen LogP contribution in [0.3, 0.4) is 0 Å². The Kier molecular flexibility index (Phi) is 5.26. The lowest BCUT2D eigenvalue weighted by Crippen LogP contribution is -2.33. The molecule has 1 heterocycles. The summed E-state index contributed by atoms with van der Waals surface area (Å²) >= 11 is 0. The van der Waals surface area contributed by atoms with Gasteiger partial charge in [0.2, 0.25) is 0 Å². The molecule has 2 nitrogen and oxygen atoms in total. The molecular weight excluding hydrogens is 234 g/mol. The molecule has 1 aromatic rings. The van der Waals surface area contributed by atoms with E-state index in [1.54, 1.807) is 0 Å². The summed E-state index contributed by atoms with van der Waals surface area (Å²) < 4.78 is 5.76. The molecule has 1 N–H and O–H groups in total. The minimum absolute atomic E-state index is 0.626. The van der Waals surface area contributed by atoms with E-state index in [2.05, 4.69) is 50.4 Å². The van der Waals surface area contributed by atoms with Gasteiger partial charge in [0, 0.05) is 6.04 Å². The molecule has 1 aliphatic heterocycles. The fourth-order valence-electron chi connectivity index (χ4n) is 3.12. The maximum Gasteiger partial charge on any atom is 0.122 e. The van der Waals surface area contributed by atoms with E-state index in [1.807, 2.05) is 0 Å². The third-order valence-electron chi connectivity index (χ3n) is 3.90. The van der Waals surface area contributed by atoms with Gasteiger partial charge in [-0.1, -0.05) is 39.0 Å². The van der Waals surface area contributed by atoms with E-state index in [1.165, 1.54) is 18.4 Å². The maximum absolute atomic E-state index is 5.76. The monoisotopic (exact) mass is 261 g/mol. The largest absolute Gasteiger partial charge is 0.493 e. The van der Waals surface area contributed by atoms with E-state index in [-0.39, 0.29) is 0 Å². The Morgan fingerprint density at radius 2 is 2.11 bits per heavy atom. The lowest BCUT2D eigenvalue weighted by molar-refractivity contribution is 0.250. The molecule has 19 heavy (non-hydrogen) atoms. The van der Waals surface area contributed by atoms with E-state index < -0.39 is 0 Å². The van der Waals surface area contributed by atoms with Crippen molar-refractivity contribution in [3.05, 3.63) is 29.8 Å². The molecule has 0 spiro atoms. The van der Waals surface area contributed by atoms with Crippen molar-refractivity contribution < 1.29 is 4.74 Å². The first-order valence-electron chi connectivity index (χ1n) is 7.65. The van der Waals surface area contributed by atoms with Crippen LogP contribution in [0.2, 0.25) is 0 Å². The first kappa shape index (κ1) is 14.4. The summed E-state index contributed by atoms with van der Waals surface area (Å²) in [4.78, 5) is 0. The van der Waals surface area contributed by atoms with Crippen LogP contribution in [0.25, 0.3) is 0 Å². The van der Waals surface area contributed by atoms with E-state index in [9.17, 15) is 0 Å². The van der Waals surface area contributed by atoms with Crippen molar-refractivity contribution in [3.8, 4) is 5.75 Å². The fraction of sp³-hybridized carbons (Fsp3) is 0.647. The summed E-state index contributed by atoms with van der Waals surface area (Å²) in [6.07, 6.45) is 3.64. The third kappa shape index (κ3) is 3.97. The summed E-state index contributed by atoms with van der Waals surface area (Å²) in [5, 5.41) is 3.65. The van der Waals surface area contributed by atoms with E-state index >= 15 is 0 Å². The Morgan fingerprint density at radius 1 is 1.32 bits per heavy atom. The Balaban J connectivity index is 2.05. The van der Waals surface area contributed by atoms with E-state index in [0.717, 1.165) is 31.2 Å². The predicted molar refractivity (Wildman–Crippen MR) is 80.8 cm³/mol.